The second-order valence-corrected chi connectivity index (χ2v) is 7.81. The normalized spacial score (nSPS) is 11.6. The van der Waals surface area contributed by atoms with Gasteiger partial charge in [0.2, 0.25) is 0 Å². The Balaban J connectivity index is 1.79. The van der Waals surface area contributed by atoms with Gasteiger partial charge in [0.05, 0.1) is 17.1 Å². The first-order valence-corrected chi connectivity index (χ1v) is 9.72. The van der Waals surface area contributed by atoms with Crippen molar-refractivity contribution in [3.63, 3.8) is 0 Å². The van der Waals surface area contributed by atoms with Gasteiger partial charge in [-0.3, -0.25) is 4.98 Å². The highest BCUT2D eigenvalue weighted by atomic mass is 19.1. The van der Waals surface area contributed by atoms with Crippen LogP contribution < -0.4 is 0 Å². The summed E-state index contributed by atoms with van der Waals surface area (Å²) >= 11 is 0. The third-order valence-corrected chi connectivity index (χ3v) is 5.27. The van der Waals surface area contributed by atoms with Crippen molar-refractivity contribution in [2.75, 3.05) is 0 Å². The maximum absolute atomic E-state index is 14.5. The van der Waals surface area contributed by atoms with E-state index in [1.807, 2.05) is 0 Å². The van der Waals surface area contributed by atoms with Gasteiger partial charge in [-0.05, 0) is 62.4 Å². The minimum atomic E-state index is -0.932. The van der Waals surface area contributed by atoms with Gasteiger partial charge in [-0.15, -0.1) is 0 Å². The van der Waals surface area contributed by atoms with Crippen LogP contribution in [0.5, 0.6) is 0 Å². The first-order chi connectivity index (χ1) is 15.2. The number of aromatic nitrogens is 2. The number of rotatable bonds is 4. The number of hydrogen-bond acceptors (Lipinski definition) is 2. The van der Waals surface area contributed by atoms with Crippen LogP contribution >= 0.6 is 0 Å². The highest BCUT2D eigenvalue weighted by molar-refractivity contribution is 5.62. The van der Waals surface area contributed by atoms with Crippen LogP contribution in [0.25, 0.3) is 22.5 Å². The zero-order valence-electron chi connectivity index (χ0n) is 17.1. The van der Waals surface area contributed by atoms with Gasteiger partial charge in [-0.1, -0.05) is 6.07 Å². The molecule has 4 aromatic rings. The zero-order valence-corrected chi connectivity index (χ0v) is 17.1. The minimum absolute atomic E-state index is 0.130. The van der Waals surface area contributed by atoms with Crippen LogP contribution in [-0.4, -0.2) is 9.97 Å². The topological polar surface area (TPSA) is 25.8 Å². The van der Waals surface area contributed by atoms with E-state index < -0.39 is 34.5 Å². The fraction of sp³-hybridized carbons (Fsp3) is 0.120. The third-order valence-electron chi connectivity index (χ3n) is 5.27. The lowest BCUT2D eigenvalue weighted by molar-refractivity contribution is 0.571. The predicted octanol–water partition coefficient (Wildman–Crippen LogP) is 6.83. The number of pyridine rings is 2. The summed E-state index contributed by atoms with van der Waals surface area (Å²) in [6.45, 7) is 3.57. The van der Waals surface area contributed by atoms with E-state index in [2.05, 4.69) is 9.97 Å². The molecule has 0 N–H and O–H groups in total. The Morgan fingerprint density at radius 1 is 0.594 bits per heavy atom. The van der Waals surface area contributed by atoms with Crippen molar-refractivity contribution in [1.82, 2.24) is 9.97 Å². The molecule has 7 heteroatoms. The molecule has 0 aliphatic carbocycles. The van der Waals surface area contributed by atoms with Crippen LogP contribution in [0.4, 0.5) is 22.0 Å². The molecular formula is C25H17F5N2. The molecular weight excluding hydrogens is 423 g/mol. The van der Waals surface area contributed by atoms with Gasteiger partial charge in [-0.25, -0.2) is 26.9 Å². The average Bonchev–Trinajstić information content (AvgIpc) is 2.74. The molecule has 0 unspecified atom stereocenters. The largest absolute Gasteiger partial charge is 0.252 e. The smallest absolute Gasteiger partial charge is 0.149 e. The molecule has 2 aromatic carbocycles. The van der Waals surface area contributed by atoms with Gasteiger partial charge in [-0.2, -0.15) is 0 Å². The first kappa shape index (κ1) is 21.6. The monoisotopic (exact) mass is 440 g/mol. The van der Waals surface area contributed by atoms with E-state index in [9.17, 15) is 22.0 Å². The van der Waals surface area contributed by atoms with Crippen molar-refractivity contribution < 1.29 is 22.0 Å². The van der Waals surface area contributed by atoms with Gasteiger partial charge in [0.1, 0.15) is 34.8 Å². The Bertz CT molecular complexity index is 1320. The quantitative estimate of drug-likeness (QED) is 0.325. The molecule has 0 saturated carbocycles. The van der Waals surface area contributed by atoms with E-state index >= 15 is 0 Å². The second-order valence-electron chi connectivity index (χ2n) is 7.81. The molecule has 0 aliphatic rings. The lowest BCUT2D eigenvalue weighted by atomic mass is 9.84. The number of nitrogens with zero attached hydrogens (tertiary/aromatic N) is 2. The summed E-state index contributed by atoms with van der Waals surface area (Å²) in [7, 11) is 0. The summed E-state index contributed by atoms with van der Waals surface area (Å²) in [6.07, 6.45) is 0. The van der Waals surface area contributed by atoms with Crippen LogP contribution in [0.1, 0.15) is 25.2 Å². The van der Waals surface area contributed by atoms with Crippen LogP contribution in [0.15, 0.2) is 66.7 Å². The van der Waals surface area contributed by atoms with E-state index in [-0.39, 0.29) is 16.8 Å². The zero-order chi connectivity index (χ0) is 23.0. The molecule has 0 atom stereocenters. The van der Waals surface area contributed by atoms with Crippen molar-refractivity contribution in [2.45, 2.75) is 19.3 Å². The van der Waals surface area contributed by atoms with Crippen molar-refractivity contribution in [1.29, 1.82) is 0 Å². The molecule has 0 bridgehead atoms. The predicted molar refractivity (Wildman–Crippen MR) is 111 cm³/mol. The van der Waals surface area contributed by atoms with Crippen LogP contribution in [0.3, 0.4) is 0 Å². The van der Waals surface area contributed by atoms with Gasteiger partial charge in [0.15, 0.2) is 0 Å². The van der Waals surface area contributed by atoms with E-state index in [0.717, 1.165) is 30.3 Å². The van der Waals surface area contributed by atoms with Gasteiger partial charge in [0.25, 0.3) is 0 Å². The Labute approximate surface area is 181 Å². The fourth-order valence-electron chi connectivity index (χ4n) is 3.42. The summed E-state index contributed by atoms with van der Waals surface area (Å²) < 4.78 is 69.5. The fourth-order valence-corrected chi connectivity index (χ4v) is 3.42. The van der Waals surface area contributed by atoms with Crippen LogP contribution in [-0.2, 0) is 5.41 Å². The molecule has 4 rings (SSSR count). The maximum Gasteiger partial charge on any atom is 0.149 e. The standard InChI is InChI=1S/C25H17F5N2/c1-25(2,22-5-3-4-21(31-22)16-8-6-14(26)12-19(16)29)23-11-10-18(28)24(32-23)17-9-7-15(27)13-20(17)30/h3-13H,1-2H3. The van der Waals surface area contributed by atoms with Crippen molar-refractivity contribution in [3.05, 3.63) is 107 Å². The molecule has 32 heavy (non-hydrogen) atoms. The summed E-state index contributed by atoms with van der Waals surface area (Å²) in [5.41, 5.74) is -0.0216. The average molecular weight is 440 g/mol. The summed E-state index contributed by atoms with van der Waals surface area (Å²) in [5.74, 6) is -3.92. The molecule has 0 spiro atoms. The molecule has 2 heterocycles. The highest BCUT2D eigenvalue weighted by Gasteiger charge is 2.28. The molecule has 0 saturated heterocycles. The van der Waals surface area contributed by atoms with Gasteiger partial charge < -0.3 is 0 Å². The lowest BCUT2D eigenvalue weighted by Gasteiger charge is -2.25. The maximum atomic E-state index is 14.5. The van der Waals surface area contributed by atoms with Gasteiger partial charge >= 0.3 is 0 Å². The van der Waals surface area contributed by atoms with Crippen LogP contribution in [0.2, 0.25) is 0 Å². The molecule has 0 amide bonds. The molecule has 2 nitrogen and oxygen atoms in total. The van der Waals surface area contributed by atoms with E-state index in [4.69, 9.17) is 0 Å². The van der Waals surface area contributed by atoms with Crippen molar-refractivity contribution >= 4 is 0 Å². The number of benzene rings is 2. The van der Waals surface area contributed by atoms with Crippen molar-refractivity contribution in [2.24, 2.45) is 0 Å². The van der Waals surface area contributed by atoms with E-state index in [0.29, 0.717) is 23.1 Å². The Morgan fingerprint density at radius 2 is 1.19 bits per heavy atom. The molecule has 0 fully saturated rings. The summed E-state index contributed by atoms with van der Waals surface area (Å²) in [4.78, 5) is 8.83. The Kier molecular flexibility index (Phi) is 5.50. The van der Waals surface area contributed by atoms with E-state index in [1.54, 1.807) is 32.0 Å². The first-order valence-electron chi connectivity index (χ1n) is 9.72. The lowest BCUT2D eigenvalue weighted by Crippen LogP contribution is -2.23. The molecule has 162 valence electrons. The molecule has 0 aliphatic heterocycles. The number of halogens is 5. The second kappa shape index (κ2) is 8.15. The van der Waals surface area contributed by atoms with Crippen LogP contribution in [0, 0.1) is 29.1 Å². The Hall–Kier alpha value is -3.61. The van der Waals surface area contributed by atoms with Gasteiger partial charge in [0, 0.05) is 28.7 Å². The summed E-state index contributed by atoms with van der Waals surface area (Å²) in [5, 5.41) is 0. The SMILES string of the molecule is CC(C)(c1cccc(-c2ccc(F)cc2F)n1)c1ccc(F)c(-c2ccc(F)cc2F)n1. The number of hydrogen-bond donors (Lipinski definition) is 0. The highest BCUT2D eigenvalue weighted by Crippen LogP contribution is 2.33. The third kappa shape index (κ3) is 3.98. The Morgan fingerprint density at radius 3 is 1.81 bits per heavy atom. The summed E-state index contributed by atoms with van der Waals surface area (Å²) in [6, 6.07) is 13.6. The van der Waals surface area contributed by atoms with E-state index in [1.165, 1.54) is 12.1 Å². The van der Waals surface area contributed by atoms with Crippen molar-refractivity contribution in [3.8, 4) is 22.5 Å². The molecule has 2 aromatic heterocycles. The minimum Gasteiger partial charge on any atom is -0.252 e. The molecule has 0 radical (unpaired) electrons.